The van der Waals surface area contributed by atoms with Gasteiger partial charge >= 0.3 is 0 Å². The molecule has 0 spiro atoms. The first-order chi connectivity index (χ1) is 9.15. The van der Waals surface area contributed by atoms with Crippen molar-refractivity contribution in [2.75, 3.05) is 0 Å². The molecule has 2 heteroatoms. The summed E-state index contributed by atoms with van der Waals surface area (Å²) in [4.78, 5) is 0. The van der Waals surface area contributed by atoms with Crippen LogP contribution in [0.4, 0.5) is 4.39 Å². The highest BCUT2D eigenvalue weighted by Crippen LogP contribution is 2.31. The molecule has 0 heterocycles. The smallest absolute Gasteiger partial charge is 0.126 e. The molecule has 0 saturated carbocycles. The van der Waals surface area contributed by atoms with Crippen LogP contribution in [0.3, 0.4) is 0 Å². The van der Waals surface area contributed by atoms with Crippen molar-refractivity contribution in [1.29, 1.82) is 0 Å². The zero-order chi connectivity index (χ0) is 13.7. The molecule has 0 aliphatic heterocycles. The Kier molecular flexibility index (Phi) is 4.33. The van der Waals surface area contributed by atoms with E-state index in [1.807, 2.05) is 37.3 Å². The zero-order valence-electron chi connectivity index (χ0n) is 11.1. The molecule has 0 aliphatic rings. The van der Waals surface area contributed by atoms with Crippen LogP contribution in [0.25, 0.3) is 0 Å². The van der Waals surface area contributed by atoms with E-state index < -0.39 is 5.60 Å². The van der Waals surface area contributed by atoms with Crippen molar-refractivity contribution < 1.29 is 9.50 Å². The molecule has 1 nitrogen and oxygen atoms in total. The van der Waals surface area contributed by atoms with Crippen LogP contribution in [0.15, 0.2) is 54.6 Å². The molecule has 2 aromatic rings. The van der Waals surface area contributed by atoms with Crippen molar-refractivity contribution in [2.24, 2.45) is 0 Å². The predicted molar refractivity (Wildman–Crippen MR) is 75.4 cm³/mol. The van der Waals surface area contributed by atoms with Gasteiger partial charge in [-0.05, 0) is 23.6 Å². The lowest BCUT2D eigenvalue weighted by Gasteiger charge is -2.29. The van der Waals surface area contributed by atoms with Gasteiger partial charge < -0.3 is 5.11 Å². The Hall–Kier alpha value is -1.67. The molecular weight excluding hydrogens is 239 g/mol. The standard InChI is InChI=1S/C17H19FO/c1-2-12-17(19,15-9-4-3-5-10-15)13-14-8-6-7-11-16(14)18/h3-11,19H,2,12-13H2,1H3. The molecule has 0 fully saturated rings. The van der Waals surface area contributed by atoms with E-state index in [1.54, 1.807) is 18.2 Å². The fourth-order valence-corrected chi connectivity index (χ4v) is 2.45. The van der Waals surface area contributed by atoms with Gasteiger partial charge in [0.1, 0.15) is 5.82 Å². The van der Waals surface area contributed by atoms with E-state index in [2.05, 4.69) is 0 Å². The number of halogens is 1. The number of rotatable bonds is 5. The first kappa shape index (κ1) is 13.8. The van der Waals surface area contributed by atoms with Crippen LogP contribution in [0.2, 0.25) is 0 Å². The molecule has 0 radical (unpaired) electrons. The largest absolute Gasteiger partial charge is 0.385 e. The van der Waals surface area contributed by atoms with E-state index >= 15 is 0 Å². The fourth-order valence-electron chi connectivity index (χ4n) is 2.45. The fraction of sp³-hybridized carbons (Fsp3) is 0.294. The van der Waals surface area contributed by atoms with Crippen LogP contribution in [-0.2, 0) is 12.0 Å². The van der Waals surface area contributed by atoms with E-state index in [1.165, 1.54) is 6.07 Å². The normalized spacial score (nSPS) is 14.1. The average molecular weight is 258 g/mol. The number of benzene rings is 2. The second kappa shape index (κ2) is 5.98. The first-order valence-corrected chi connectivity index (χ1v) is 6.67. The van der Waals surface area contributed by atoms with Gasteiger partial charge in [-0.15, -0.1) is 0 Å². The van der Waals surface area contributed by atoms with Crippen molar-refractivity contribution in [3.05, 3.63) is 71.5 Å². The second-order valence-corrected chi connectivity index (χ2v) is 4.92. The number of hydrogen-bond acceptors (Lipinski definition) is 1. The highest BCUT2D eigenvalue weighted by molar-refractivity contribution is 5.27. The van der Waals surface area contributed by atoms with Gasteiger partial charge in [0.2, 0.25) is 0 Å². The Morgan fingerprint density at radius 1 is 1.00 bits per heavy atom. The Bertz CT molecular complexity index is 524. The lowest BCUT2D eigenvalue weighted by Crippen LogP contribution is -2.28. The molecule has 19 heavy (non-hydrogen) atoms. The quantitative estimate of drug-likeness (QED) is 0.857. The minimum atomic E-state index is -1.00. The van der Waals surface area contributed by atoms with Gasteiger partial charge in [0.25, 0.3) is 0 Å². The van der Waals surface area contributed by atoms with Gasteiger partial charge in [0, 0.05) is 6.42 Å². The molecule has 0 bridgehead atoms. The minimum absolute atomic E-state index is 0.257. The lowest BCUT2D eigenvalue weighted by atomic mass is 9.83. The molecule has 1 N–H and O–H groups in total. The molecule has 100 valence electrons. The molecule has 0 amide bonds. The summed E-state index contributed by atoms with van der Waals surface area (Å²) in [7, 11) is 0. The Morgan fingerprint density at radius 2 is 1.63 bits per heavy atom. The average Bonchev–Trinajstić information content (AvgIpc) is 2.43. The SMILES string of the molecule is CCCC(O)(Cc1ccccc1F)c1ccccc1. The van der Waals surface area contributed by atoms with Crippen LogP contribution in [0.1, 0.15) is 30.9 Å². The third-order valence-corrected chi connectivity index (χ3v) is 3.42. The summed E-state index contributed by atoms with van der Waals surface area (Å²) in [5.74, 6) is -0.257. The molecule has 1 atom stereocenters. The monoisotopic (exact) mass is 258 g/mol. The third kappa shape index (κ3) is 3.21. The maximum Gasteiger partial charge on any atom is 0.126 e. The summed E-state index contributed by atoms with van der Waals surface area (Å²) in [6.07, 6.45) is 1.77. The van der Waals surface area contributed by atoms with Crippen LogP contribution in [-0.4, -0.2) is 5.11 Å². The summed E-state index contributed by atoms with van der Waals surface area (Å²) in [5.41, 5.74) is 0.403. The Balaban J connectivity index is 2.33. The Labute approximate surface area is 113 Å². The molecule has 1 unspecified atom stereocenters. The van der Waals surface area contributed by atoms with Crippen molar-refractivity contribution in [2.45, 2.75) is 31.8 Å². The highest BCUT2D eigenvalue weighted by Gasteiger charge is 2.29. The zero-order valence-corrected chi connectivity index (χ0v) is 11.1. The maximum absolute atomic E-state index is 13.8. The molecular formula is C17H19FO. The maximum atomic E-state index is 13.8. The summed E-state index contributed by atoms with van der Waals surface area (Å²) >= 11 is 0. The molecule has 0 aromatic heterocycles. The van der Waals surface area contributed by atoms with Crippen molar-refractivity contribution in [1.82, 2.24) is 0 Å². The summed E-state index contributed by atoms with van der Waals surface area (Å²) < 4.78 is 13.8. The minimum Gasteiger partial charge on any atom is -0.385 e. The van der Waals surface area contributed by atoms with E-state index in [0.717, 1.165) is 12.0 Å². The molecule has 2 aromatic carbocycles. The van der Waals surface area contributed by atoms with Crippen molar-refractivity contribution in [3.63, 3.8) is 0 Å². The summed E-state index contributed by atoms with van der Waals surface area (Å²) in [6, 6.07) is 16.2. The first-order valence-electron chi connectivity index (χ1n) is 6.67. The molecule has 0 saturated heterocycles. The topological polar surface area (TPSA) is 20.2 Å². The van der Waals surface area contributed by atoms with Crippen LogP contribution in [0.5, 0.6) is 0 Å². The van der Waals surface area contributed by atoms with Crippen LogP contribution >= 0.6 is 0 Å². The molecule has 0 aliphatic carbocycles. The number of hydrogen-bond donors (Lipinski definition) is 1. The molecule has 2 rings (SSSR count). The summed E-state index contributed by atoms with van der Waals surface area (Å²) in [5, 5.41) is 10.9. The van der Waals surface area contributed by atoms with Crippen LogP contribution < -0.4 is 0 Å². The van der Waals surface area contributed by atoms with Gasteiger partial charge in [0.05, 0.1) is 5.60 Å². The third-order valence-electron chi connectivity index (χ3n) is 3.42. The van der Waals surface area contributed by atoms with Crippen LogP contribution in [0, 0.1) is 5.82 Å². The van der Waals surface area contributed by atoms with Gasteiger partial charge in [-0.25, -0.2) is 4.39 Å². The van der Waals surface area contributed by atoms with E-state index in [0.29, 0.717) is 18.4 Å². The van der Waals surface area contributed by atoms with E-state index in [-0.39, 0.29) is 5.82 Å². The second-order valence-electron chi connectivity index (χ2n) is 4.92. The predicted octanol–water partition coefficient (Wildman–Crippen LogP) is 4.06. The summed E-state index contributed by atoms with van der Waals surface area (Å²) in [6.45, 7) is 2.02. The number of aliphatic hydroxyl groups is 1. The van der Waals surface area contributed by atoms with Gasteiger partial charge in [-0.1, -0.05) is 61.9 Å². The van der Waals surface area contributed by atoms with Gasteiger partial charge in [-0.2, -0.15) is 0 Å². The Morgan fingerprint density at radius 3 is 2.26 bits per heavy atom. The highest BCUT2D eigenvalue weighted by atomic mass is 19.1. The van der Waals surface area contributed by atoms with E-state index in [4.69, 9.17) is 0 Å². The lowest BCUT2D eigenvalue weighted by molar-refractivity contribution is 0.0261. The van der Waals surface area contributed by atoms with Gasteiger partial charge in [-0.3, -0.25) is 0 Å². The van der Waals surface area contributed by atoms with E-state index in [9.17, 15) is 9.50 Å². The van der Waals surface area contributed by atoms with Gasteiger partial charge in [0.15, 0.2) is 0 Å². The van der Waals surface area contributed by atoms with Crippen molar-refractivity contribution >= 4 is 0 Å². The van der Waals surface area contributed by atoms with Crippen molar-refractivity contribution in [3.8, 4) is 0 Å².